The van der Waals surface area contributed by atoms with Crippen LogP contribution >= 0.6 is 0 Å². The van der Waals surface area contributed by atoms with Crippen molar-refractivity contribution < 1.29 is 9.90 Å². The molecular formula is C18H14N2O2. The molecule has 5 rings (SSSR count). The van der Waals surface area contributed by atoms with Gasteiger partial charge in [0, 0.05) is 5.56 Å². The van der Waals surface area contributed by atoms with Gasteiger partial charge in [0.25, 0.3) is 0 Å². The van der Waals surface area contributed by atoms with E-state index in [0.717, 1.165) is 28.1 Å². The van der Waals surface area contributed by atoms with E-state index in [9.17, 15) is 9.90 Å². The first kappa shape index (κ1) is 11.9. The first-order valence-electron chi connectivity index (χ1n) is 7.46. The number of allylic oxidation sites excluding steroid dienone is 1. The molecule has 4 nitrogen and oxygen atoms in total. The van der Waals surface area contributed by atoms with Crippen molar-refractivity contribution in [1.29, 1.82) is 0 Å². The van der Waals surface area contributed by atoms with Crippen LogP contribution in [0.15, 0.2) is 48.5 Å². The Balaban J connectivity index is 1.78. The van der Waals surface area contributed by atoms with Crippen LogP contribution in [0.25, 0.3) is 5.76 Å². The number of anilines is 2. The molecule has 3 aliphatic rings. The molecule has 22 heavy (non-hydrogen) atoms. The molecule has 0 radical (unpaired) electrons. The Labute approximate surface area is 127 Å². The van der Waals surface area contributed by atoms with Gasteiger partial charge >= 0.3 is 0 Å². The molecule has 0 bridgehead atoms. The number of carbonyl (C=O) groups is 1. The zero-order valence-corrected chi connectivity index (χ0v) is 11.8. The second kappa shape index (κ2) is 3.91. The third-order valence-corrected chi connectivity index (χ3v) is 4.86. The first-order chi connectivity index (χ1) is 10.8. The van der Waals surface area contributed by atoms with Gasteiger partial charge in [0.2, 0.25) is 5.91 Å². The molecule has 2 N–H and O–H groups in total. The number of para-hydroxylation sites is 2. The van der Waals surface area contributed by atoms with Crippen molar-refractivity contribution in [3.63, 3.8) is 0 Å². The van der Waals surface area contributed by atoms with Crippen LogP contribution in [0.4, 0.5) is 11.4 Å². The molecule has 2 aromatic rings. The zero-order chi connectivity index (χ0) is 14.8. The van der Waals surface area contributed by atoms with Crippen LogP contribution in [-0.4, -0.2) is 11.0 Å². The van der Waals surface area contributed by atoms with E-state index in [1.807, 2.05) is 47.4 Å². The fourth-order valence-corrected chi connectivity index (χ4v) is 3.90. The zero-order valence-electron chi connectivity index (χ0n) is 11.8. The van der Waals surface area contributed by atoms with Crippen LogP contribution in [0.1, 0.15) is 35.2 Å². The summed E-state index contributed by atoms with van der Waals surface area (Å²) in [5.41, 5.74) is 4.77. The molecule has 1 amide bonds. The minimum atomic E-state index is -0.202. The van der Waals surface area contributed by atoms with Gasteiger partial charge in [0.15, 0.2) is 0 Å². The van der Waals surface area contributed by atoms with Gasteiger partial charge in [-0.25, -0.2) is 0 Å². The van der Waals surface area contributed by atoms with Gasteiger partial charge in [-0.1, -0.05) is 30.3 Å². The van der Waals surface area contributed by atoms with Crippen LogP contribution in [0.2, 0.25) is 0 Å². The normalized spacial score (nSPS) is 24.1. The van der Waals surface area contributed by atoms with E-state index in [2.05, 4.69) is 5.32 Å². The number of benzene rings is 2. The fraction of sp³-hybridized carbons (Fsp3) is 0.167. The van der Waals surface area contributed by atoms with Gasteiger partial charge in [0.05, 0.1) is 17.3 Å². The van der Waals surface area contributed by atoms with Gasteiger partial charge in [-0.2, -0.15) is 0 Å². The number of amides is 1. The molecule has 0 saturated heterocycles. The van der Waals surface area contributed by atoms with E-state index in [-0.39, 0.29) is 23.8 Å². The molecule has 2 aliphatic heterocycles. The maximum atomic E-state index is 13.0. The number of fused-ring (bicyclic) bond motifs is 4. The number of hydrogen-bond donors (Lipinski definition) is 2. The Morgan fingerprint density at radius 2 is 2.00 bits per heavy atom. The molecule has 0 spiro atoms. The summed E-state index contributed by atoms with van der Waals surface area (Å²) in [5.74, 6) is 0.183. The molecule has 2 heterocycles. The highest BCUT2D eigenvalue weighted by Crippen LogP contribution is 2.50. The number of nitrogens with one attached hydrogen (secondary N) is 1. The molecule has 2 atom stereocenters. The van der Waals surface area contributed by atoms with E-state index in [0.29, 0.717) is 6.42 Å². The second-order valence-corrected chi connectivity index (χ2v) is 5.96. The Kier molecular flexibility index (Phi) is 2.11. The standard InChI is InChI=1S/C18H14N2O2/c21-15-9-8-12-16-10(15)4-3-5-11(16)17-19-13-6-1-2-7-14(13)20(17)18(12)22/h1-7,9,12,17,19,21H,8H2. The molecule has 2 aromatic carbocycles. The number of nitrogens with zero attached hydrogens (tertiary/aromatic N) is 1. The topological polar surface area (TPSA) is 52.6 Å². The van der Waals surface area contributed by atoms with E-state index in [1.54, 1.807) is 6.08 Å². The number of hydrogen-bond acceptors (Lipinski definition) is 3. The van der Waals surface area contributed by atoms with E-state index >= 15 is 0 Å². The lowest BCUT2D eigenvalue weighted by Crippen LogP contribution is -2.43. The molecule has 108 valence electrons. The van der Waals surface area contributed by atoms with E-state index < -0.39 is 0 Å². The van der Waals surface area contributed by atoms with Crippen molar-refractivity contribution in [2.45, 2.75) is 18.5 Å². The number of rotatable bonds is 0. The average molecular weight is 290 g/mol. The van der Waals surface area contributed by atoms with E-state index in [4.69, 9.17) is 0 Å². The summed E-state index contributed by atoms with van der Waals surface area (Å²) in [7, 11) is 0. The van der Waals surface area contributed by atoms with Crippen molar-refractivity contribution in [1.82, 2.24) is 0 Å². The highest BCUT2D eigenvalue weighted by atomic mass is 16.3. The Morgan fingerprint density at radius 3 is 2.91 bits per heavy atom. The summed E-state index contributed by atoms with van der Waals surface area (Å²) in [6, 6.07) is 13.8. The van der Waals surface area contributed by atoms with Gasteiger partial charge in [-0.15, -0.1) is 0 Å². The summed E-state index contributed by atoms with van der Waals surface area (Å²) >= 11 is 0. The fourth-order valence-electron chi connectivity index (χ4n) is 3.90. The highest BCUT2D eigenvalue weighted by Gasteiger charge is 2.46. The summed E-state index contributed by atoms with van der Waals surface area (Å²) in [5, 5.41) is 13.6. The number of aliphatic hydroxyl groups excluding tert-OH is 1. The SMILES string of the molecule is O=C1C2CC=C(O)c3cccc(c32)C2Nc3ccccc3N12. The quantitative estimate of drug-likeness (QED) is 0.780. The average Bonchev–Trinajstić information content (AvgIpc) is 2.94. The smallest absolute Gasteiger partial charge is 0.236 e. The van der Waals surface area contributed by atoms with Crippen LogP contribution in [0.3, 0.4) is 0 Å². The molecule has 0 fully saturated rings. The Bertz CT molecular complexity index is 856. The lowest BCUT2D eigenvalue weighted by molar-refractivity contribution is -0.120. The third kappa shape index (κ3) is 1.30. The highest BCUT2D eigenvalue weighted by molar-refractivity contribution is 6.06. The second-order valence-electron chi connectivity index (χ2n) is 5.96. The minimum absolute atomic E-state index is 0.103. The van der Waals surface area contributed by atoms with Gasteiger partial charge < -0.3 is 10.4 Å². The van der Waals surface area contributed by atoms with Crippen molar-refractivity contribution in [3.05, 3.63) is 65.2 Å². The van der Waals surface area contributed by atoms with Gasteiger partial charge in [-0.3, -0.25) is 9.69 Å². The van der Waals surface area contributed by atoms with Crippen molar-refractivity contribution in [3.8, 4) is 0 Å². The minimum Gasteiger partial charge on any atom is -0.508 e. The monoisotopic (exact) mass is 290 g/mol. The molecular weight excluding hydrogens is 276 g/mol. The Morgan fingerprint density at radius 1 is 1.14 bits per heavy atom. The van der Waals surface area contributed by atoms with Crippen LogP contribution in [0, 0.1) is 0 Å². The molecule has 0 aromatic heterocycles. The van der Waals surface area contributed by atoms with Crippen LogP contribution in [0.5, 0.6) is 0 Å². The predicted molar refractivity (Wildman–Crippen MR) is 84.7 cm³/mol. The molecule has 1 aliphatic carbocycles. The lowest BCUT2D eigenvalue weighted by atomic mass is 9.78. The maximum Gasteiger partial charge on any atom is 0.236 e. The largest absolute Gasteiger partial charge is 0.508 e. The Hall–Kier alpha value is -2.75. The number of aliphatic hydroxyl groups is 1. The summed E-state index contributed by atoms with van der Waals surface area (Å²) in [6.45, 7) is 0. The third-order valence-electron chi connectivity index (χ3n) is 4.86. The summed E-state index contributed by atoms with van der Waals surface area (Å²) in [4.78, 5) is 14.9. The first-order valence-corrected chi connectivity index (χ1v) is 7.46. The summed E-state index contributed by atoms with van der Waals surface area (Å²) in [6.07, 6.45) is 2.13. The van der Waals surface area contributed by atoms with Crippen molar-refractivity contribution in [2.75, 3.05) is 10.2 Å². The number of carbonyl (C=O) groups excluding carboxylic acids is 1. The van der Waals surface area contributed by atoms with E-state index in [1.165, 1.54) is 0 Å². The van der Waals surface area contributed by atoms with Gasteiger partial charge in [-0.05, 0) is 35.8 Å². The molecule has 0 saturated carbocycles. The van der Waals surface area contributed by atoms with Gasteiger partial charge in [0.1, 0.15) is 11.9 Å². The van der Waals surface area contributed by atoms with Crippen molar-refractivity contribution in [2.24, 2.45) is 0 Å². The molecule has 2 unspecified atom stereocenters. The predicted octanol–water partition coefficient (Wildman–Crippen LogP) is 3.54. The maximum absolute atomic E-state index is 13.0. The van der Waals surface area contributed by atoms with Crippen LogP contribution in [-0.2, 0) is 4.79 Å². The van der Waals surface area contributed by atoms with Crippen LogP contribution < -0.4 is 10.2 Å². The lowest BCUT2D eigenvalue weighted by Gasteiger charge is -2.38. The van der Waals surface area contributed by atoms with Crippen molar-refractivity contribution >= 4 is 23.0 Å². The summed E-state index contributed by atoms with van der Waals surface area (Å²) < 4.78 is 0. The molecule has 4 heteroatoms.